The number of hydrogen-bond acceptors (Lipinski definition) is 4. The molecule has 1 aliphatic carbocycles. The van der Waals surface area contributed by atoms with Crippen LogP contribution in [0, 0.1) is 0 Å². The van der Waals surface area contributed by atoms with E-state index in [1.165, 1.54) is 0 Å². The van der Waals surface area contributed by atoms with Crippen molar-refractivity contribution < 1.29 is 19.2 Å². The van der Waals surface area contributed by atoms with E-state index < -0.39 is 23.8 Å². The molecule has 1 N–H and O–H groups in total. The number of carbonyl (C=O) groups excluding carboxylic acids is 4. The number of hydrogen-bond donors (Lipinski definition) is 1. The minimum atomic E-state index is -0.875. The van der Waals surface area contributed by atoms with Crippen LogP contribution in [0.4, 0.5) is 0 Å². The fourth-order valence-electron chi connectivity index (χ4n) is 2.94. The number of piperidine rings is 1. The lowest BCUT2D eigenvalue weighted by Crippen LogP contribution is -2.54. The summed E-state index contributed by atoms with van der Waals surface area (Å²) >= 11 is 0. The molecule has 3 rings (SSSR count). The van der Waals surface area contributed by atoms with Crippen LogP contribution in [0.25, 0.3) is 0 Å². The summed E-state index contributed by atoms with van der Waals surface area (Å²) in [6, 6.07) is -0.875. The van der Waals surface area contributed by atoms with Crippen molar-refractivity contribution >= 4 is 23.6 Å². The number of likely N-dealkylation sites (tertiary alicyclic amines) is 1. The lowest BCUT2D eigenvalue weighted by atomic mass is 9.93. The van der Waals surface area contributed by atoms with Gasteiger partial charge in [-0.2, -0.15) is 0 Å². The van der Waals surface area contributed by atoms with Crippen LogP contribution in [0.1, 0.15) is 32.6 Å². The molecule has 0 bridgehead atoms. The molecule has 2 heterocycles. The number of rotatable bonds is 1. The Morgan fingerprint density at radius 2 is 1.90 bits per heavy atom. The third kappa shape index (κ3) is 1.71. The average Bonchev–Trinajstić information content (AvgIpc) is 2.64. The Bertz CT molecular complexity index is 615. The first-order chi connectivity index (χ1) is 9.50. The average molecular weight is 274 g/mol. The SMILES string of the molecule is CC1=C2C(=O)N(C3CCC(=O)NC3=O)C(=O)C2=CCC1. The maximum Gasteiger partial charge on any atom is 0.262 e. The fraction of sp³-hybridized carbons (Fsp3) is 0.429. The monoisotopic (exact) mass is 274 g/mol. The highest BCUT2D eigenvalue weighted by Gasteiger charge is 2.47. The Kier molecular flexibility index (Phi) is 2.81. The Morgan fingerprint density at radius 1 is 1.15 bits per heavy atom. The second kappa shape index (κ2) is 4.40. The van der Waals surface area contributed by atoms with E-state index in [1.807, 2.05) is 6.92 Å². The zero-order chi connectivity index (χ0) is 14.4. The van der Waals surface area contributed by atoms with Crippen LogP contribution in [-0.4, -0.2) is 34.6 Å². The Hall–Kier alpha value is -2.24. The maximum atomic E-state index is 12.4. The van der Waals surface area contributed by atoms with Crippen molar-refractivity contribution in [2.75, 3.05) is 0 Å². The van der Waals surface area contributed by atoms with Gasteiger partial charge in [0.1, 0.15) is 6.04 Å². The van der Waals surface area contributed by atoms with Crippen LogP contribution in [0.15, 0.2) is 22.8 Å². The molecule has 1 unspecified atom stereocenters. The lowest BCUT2D eigenvalue weighted by molar-refractivity contribution is -0.149. The molecule has 0 spiro atoms. The summed E-state index contributed by atoms with van der Waals surface area (Å²) in [5.41, 5.74) is 1.73. The minimum absolute atomic E-state index is 0.143. The smallest absolute Gasteiger partial charge is 0.262 e. The van der Waals surface area contributed by atoms with Crippen molar-refractivity contribution in [2.45, 2.75) is 38.6 Å². The van der Waals surface area contributed by atoms with Crippen molar-refractivity contribution in [1.29, 1.82) is 0 Å². The van der Waals surface area contributed by atoms with Gasteiger partial charge in [0.05, 0.1) is 5.57 Å². The van der Waals surface area contributed by atoms with Gasteiger partial charge in [-0.3, -0.25) is 29.4 Å². The number of fused-ring (bicyclic) bond motifs is 1. The lowest BCUT2D eigenvalue weighted by Gasteiger charge is -2.27. The van der Waals surface area contributed by atoms with Crippen molar-refractivity contribution in [3.8, 4) is 0 Å². The zero-order valence-electron chi connectivity index (χ0n) is 11.1. The topological polar surface area (TPSA) is 83.6 Å². The molecular formula is C14H14N2O4. The van der Waals surface area contributed by atoms with Gasteiger partial charge in [-0.15, -0.1) is 0 Å². The van der Waals surface area contributed by atoms with E-state index in [2.05, 4.69) is 5.32 Å². The number of amides is 4. The van der Waals surface area contributed by atoms with Crippen molar-refractivity contribution in [2.24, 2.45) is 0 Å². The van der Waals surface area contributed by atoms with Crippen LogP contribution >= 0.6 is 0 Å². The van der Waals surface area contributed by atoms with Crippen LogP contribution < -0.4 is 5.32 Å². The molecule has 6 heteroatoms. The van der Waals surface area contributed by atoms with Gasteiger partial charge in [-0.05, 0) is 26.2 Å². The third-order valence-electron chi connectivity index (χ3n) is 3.97. The largest absolute Gasteiger partial charge is 0.295 e. The summed E-state index contributed by atoms with van der Waals surface area (Å²) < 4.78 is 0. The number of nitrogens with zero attached hydrogens (tertiary/aromatic N) is 1. The molecule has 20 heavy (non-hydrogen) atoms. The van der Waals surface area contributed by atoms with Gasteiger partial charge in [-0.1, -0.05) is 11.6 Å². The normalized spacial score (nSPS) is 26.8. The van der Waals surface area contributed by atoms with E-state index in [9.17, 15) is 19.2 Å². The summed E-state index contributed by atoms with van der Waals surface area (Å²) in [5.74, 6) is -1.76. The highest BCUT2D eigenvalue weighted by molar-refractivity contribution is 6.26. The van der Waals surface area contributed by atoms with E-state index in [0.717, 1.165) is 23.3 Å². The molecule has 2 saturated heterocycles. The van der Waals surface area contributed by atoms with Gasteiger partial charge < -0.3 is 0 Å². The van der Waals surface area contributed by atoms with E-state index in [0.29, 0.717) is 11.1 Å². The van der Waals surface area contributed by atoms with Crippen LogP contribution in [0.2, 0.25) is 0 Å². The first-order valence-corrected chi connectivity index (χ1v) is 6.62. The molecule has 0 aromatic rings. The van der Waals surface area contributed by atoms with E-state index in [-0.39, 0.29) is 18.7 Å². The Morgan fingerprint density at radius 3 is 2.55 bits per heavy atom. The second-order valence-electron chi connectivity index (χ2n) is 5.26. The van der Waals surface area contributed by atoms with E-state index in [1.54, 1.807) is 6.08 Å². The quantitative estimate of drug-likeness (QED) is 0.692. The van der Waals surface area contributed by atoms with Gasteiger partial charge in [0, 0.05) is 12.0 Å². The first-order valence-electron chi connectivity index (χ1n) is 6.62. The number of allylic oxidation sites excluding steroid dienone is 2. The highest BCUT2D eigenvalue weighted by Crippen LogP contribution is 2.35. The summed E-state index contributed by atoms with van der Waals surface area (Å²) in [6.07, 6.45) is 3.58. The van der Waals surface area contributed by atoms with E-state index in [4.69, 9.17) is 0 Å². The molecule has 104 valence electrons. The Labute approximate surface area is 115 Å². The summed E-state index contributed by atoms with van der Waals surface area (Å²) in [6.45, 7) is 1.83. The van der Waals surface area contributed by atoms with Crippen molar-refractivity contribution in [1.82, 2.24) is 10.2 Å². The van der Waals surface area contributed by atoms with Crippen LogP contribution in [-0.2, 0) is 19.2 Å². The number of nitrogens with one attached hydrogen (secondary N) is 1. The first kappa shape index (κ1) is 12.8. The molecular weight excluding hydrogens is 260 g/mol. The predicted octanol–water partition coefficient (Wildman–Crippen LogP) is 0.197. The van der Waals surface area contributed by atoms with Gasteiger partial charge >= 0.3 is 0 Å². The van der Waals surface area contributed by atoms with Crippen molar-refractivity contribution in [3.05, 3.63) is 22.8 Å². The Balaban J connectivity index is 1.98. The van der Waals surface area contributed by atoms with E-state index >= 15 is 0 Å². The molecule has 0 aromatic heterocycles. The highest BCUT2D eigenvalue weighted by atomic mass is 16.2. The molecule has 6 nitrogen and oxygen atoms in total. The number of carbonyl (C=O) groups is 4. The van der Waals surface area contributed by atoms with Gasteiger partial charge in [0.2, 0.25) is 11.8 Å². The molecule has 0 aromatic carbocycles. The van der Waals surface area contributed by atoms with Gasteiger partial charge in [0.25, 0.3) is 11.8 Å². The maximum absolute atomic E-state index is 12.4. The molecule has 0 saturated carbocycles. The van der Waals surface area contributed by atoms with Crippen LogP contribution in [0.5, 0.6) is 0 Å². The summed E-state index contributed by atoms with van der Waals surface area (Å²) in [7, 11) is 0. The zero-order valence-corrected chi connectivity index (χ0v) is 11.1. The molecule has 2 fully saturated rings. The van der Waals surface area contributed by atoms with Crippen molar-refractivity contribution in [3.63, 3.8) is 0 Å². The molecule has 4 amide bonds. The molecule has 3 aliphatic rings. The molecule has 2 aliphatic heterocycles. The second-order valence-corrected chi connectivity index (χ2v) is 5.26. The standard InChI is InChI=1S/C14H14N2O4/c1-7-3-2-4-8-11(7)14(20)16(13(8)19)9-5-6-10(17)15-12(9)18/h4,9H,2-3,5-6H2,1H3,(H,15,17,18). The molecule has 0 radical (unpaired) electrons. The summed E-state index contributed by atoms with van der Waals surface area (Å²) in [5, 5.41) is 2.18. The summed E-state index contributed by atoms with van der Waals surface area (Å²) in [4.78, 5) is 48.8. The third-order valence-corrected chi connectivity index (χ3v) is 3.97. The minimum Gasteiger partial charge on any atom is -0.295 e. The van der Waals surface area contributed by atoms with Gasteiger partial charge in [-0.25, -0.2) is 0 Å². The van der Waals surface area contributed by atoms with Crippen LogP contribution in [0.3, 0.4) is 0 Å². The van der Waals surface area contributed by atoms with Gasteiger partial charge in [0.15, 0.2) is 0 Å². The predicted molar refractivity (Wildman–Crippen MR) is 68.0 cm³/mol. The molecule has 1 atom stereocenters. The fourth-order valence-corrected chi connectivity index (χ4v) is 2.94. The number of imide groups is 2.